The largest absolute Gasteiger partial charge is 0.516 e. The molecule has 1 aliphatic rings. The van der Waals surface area contributed by atoms with E-state index in [2.05, 4.69) is 13.8 Å². The maximum absolute atomic E-state index is 12.2. The van der Waals surface area contributed by atoms with Crippen LogP contribution in [0.25, 0.3) is 0 Å². The Morgan fingerprint density at radius 3 is 2.15 bits per heavy atom. The van der Waals surface area contributed by atoms with Crippen LogP contribution in [0.2, 0.25) is 11.6 Å². The van der Waals surface area contributed by atoms with Gasteiger partial charge in [-0.3, -0.25) is 4.79 Å². The first-order valence-corrected chi connectivity index (χ1v) is 12.9. The van der Waals surface area contributed by atoms with Gasteiger partial charge in [-0.2, -0.15) is 0 Å². The Bertz CT molecular complexity index is 369. The normalized spacial score (nSPS) is 18.8. The van der Waals surface area contributed by atoms with E-state index in [0.717, 1.165) is 6.04 Å². The Labute approximate surface area is 167 Å². The van der Waals surface area contributed by atoms with E-state index in [-0.39, 0.29) is 18.0 Å². The van der Waals surface area contributed by atoms with Crippen molar-refractivity contribution >= 4 is 25.5 Å². The molecule has 3 nitrogen and oxygen atoms in total. The summed E-state index contributed by atoms with van der Waals surface area (Å²) in [6.07, 6.45) is 13.5. The molecule has 150 valence electrons. The molecule has 0 bridgehead atoms. The van der Waals surface area contributed by atoms with Gasteiger partial charge in [-0.25, -0.2) is 0 Å². The standard InChI is InChI=1S/C21H40O3Si2/c1-6-8-12-21(13-9-7-2)14-10-19(11-15-21)26-24-20(22)18(5)16-25-23-17(3)4/h17-19H,6-16H2,1-5H3. The van der Waals surface area contributed by atoms with Gasteiger partial charge in [-0.15, -0.1) is 0 Å². The highest BCUT2D eigenvalue weighted by Crippen LogP contribution is 2.47. The molecule has 0 aromatic carbocycles. The Morgan fingerprint density at radius 2 is 1.65 bits per heavy atom. The summed E-state index contributed by atoms with van der Waals surface area (Å²) in [6, 6.07) is 0.781. The van der Waals surface area contributed by atoms with Crippen LogP contribution in [0.3, 0.4) is 0 Å². The molecule has 0 aliphatic heterocycles. The number of carbonyl (C=O) groups excluding carboxylic acids is 1. The molecule has 26 heavy (non-hydrogen) atoms. The topological polar surface area (TPSA) is 35.5 Å². The highest BCUT2D eigenvalue weighted by Gasteiger charge is 2.35. The van der Waals surface area contributed by atoms with E-state index in [1.165, 1.54) is 64.2 Å². The molecule has 1 aliphatic carbocycles. The molecule has 0 heterocycles. The summed E-state index contributed by atoms with van der Waals surface area (Å²) in [4.78, 5) is 12.2. The lowest BCUT2D eigenvalue weighted by Gasteiger charge is -2.40. The Kier molecular flexibility index (Phi) is 12.1. The van der Waals surface area contributed by atoms with Crippen molar-refractivity contribution < 1.29 is 13.6 Å². The highest BCUT2D eigenvalue weighted by atomic mass is 28.2. The molecule has 1 unspecified atom stereocenters. The van der Waals surface area contributed by atoms with Crippen LogP contribution in [-0.2, 0) is 13.6 Å². The van der Waals surface area contributed by atoms with Gasteiger partial charge in [0.1, 0.15) is 0 Å². The van der Waals surface area contributed by atoms with Crippen LogP contribution in [0, 0.1) is 11.3 Å². The average Bonchev–Trinajstić information content (AvgIpc) is 2.63. The predicted octanol–water partition coefficient (Wildman–Crippen LogP) is 5.98. The van der Waals surface area contributed by atoms with Gasteiger partial charge < -0.3 is 8.85 Å². The number of hydrogen-bond donors (Lipinski definition) is 0. The first-order chi connectivity index (χ1) is 12.4. The monoisotopic (exact) mass is 396 g/mol. The van der Waals surface area contributed by atoms with Gasteiger partial charge in [0.05, 0.1) is 5.92 Å². The lowest BCUT2D eigenvalue weighted by atomic mass is 9.68. The fraction of sp³-hybridized carbons (Fsp3) is 0.952. The van der Waals surface area contributed by atoms with Gasteiger partial charge in [-0.05, 0) is 69.4 Å². The van der Waals surface area contributed by atoms with Crippen molar-refractivity contribution in [1.82, 2.24) is 0 Å². The molecule has 1 fully saturated rings. The Balaban J connectivity index is 2.32. The molecule has 0 N–H and O–H groups in total. The van der Waals surface area contributed by atoms with Crippen molar-refractivity contribution in [3.8, 4) is 0 Å². The molecule has 5 heteroatoms. The van der Waals surface area contributed by atoms with Crippen molar-refractivity contribution in [2.45, 2.75) is 117 Å². The zero-order valence-electron chi connectivity index (χ0n) is 17.7. The third-order valence-electron chi connectivity index (χ3n) is 5.60. The summed E-state index contributed by atoms with van der Waals surface area (Å²) in [5.41, 5.74) is 1.18. The Morgan fingerprint density at radius 1 is 1.08 bits per heavy atom. The van der Waals surface area contributed by atoms with Crippen LogP contribution in [0.5, 0.6) is 0 Å². The van der Waals surface area contributed by atoms with Crippen molar-refractivity contribution in [3.05, 3.63) is 0 Å². The molecule has 0 spiro atoms. The zero-order valence-corrected chi connectivity index (χ0v) is 19.7. The van der Waals surface area contributed by atoms with Gasteiger partial charge in [0, 0.05) is 6.10 Å². The molecule has 1 rings (SSSR count). The fourth-order valence-electron chi connectivity index (χ4n) is 3.74. The molecular formula is C21H40O3Si2. The number of unbranched alkanes of at least 4 members (excludes halogenated alkanes) is 2. The van der Waals surface area contributed by atoms with E-state index in [1.807, 2.05) is 20.8 Å². The minimum absolute atomic E-state index is 0.0306. The Hall–Kier alpha value is -0.136. The summed E-state index contributed by atoms with van der Waals surface area (Å²) >= 11 is 0. The van der Waals surface area contributed by atoms with Crippen molar-refractivity contribution in [2.24, 2.45) is 11.3 Å². The molecular weight excluding hydrogens is 356 g/mol. The molecule has 1 atom stereocenters. The minimum Gasteiger partial charge on any atom is -0.516 e. The number of rotatable bonds is 13. The van der Waals surface area contributed by atoms with Crippen LogP contribution in [0.1, 0.15) is 98.8 Å². The van der Waals surface area contributed by atoms with Gasteiger partial charge in [0.2, 0.25) is 9.76 Å². The lowest BCUT2D eigenvalue weighted by Crippen LogP contribution is -2.29. The van der Waals surface area contributed by atoms with E-state index in [1.54, 1.807) is 0 Å². The molecule has 0 aromatic heterocycles. The van der Waals surface area contributed by atoms with E-state index in [9.17, 15) is 4.79 Å². The second-order valence-corrected chi connectivity index (χ2v) is 10.6. The van der Waals surface area contributed by atoms with Gasteiger partial charge >= 0.3 is 9.76 Å². The molecule has 0 saturated heterocycles. The second kappa shape index (κ2) is 13.1. The first-order valence-electron chi connectivity index (χ1n) is 10.8. The van der Waals surface area contributed by atoms with Crippen LogP contribution in [0.4, 0.5) is 0 Å². The third kappa shape index (κ3) is 9.18. The summed E-state index contributed by atoms with van der Waals surface area (Å²) in [5.74, 6) is -0.0756. The maximum Gasteiger partial charge on any atom is 0.318 e. The quantitative estimate of drug-likeness (QED) is 0.359. The molecule has 1 saturated carbocycles. The van der Waals surface area contributed by atoms with Gasteiger partial charge in [0.15, 0.2) is 0 Å². The van der Waals surface area contributed by atoms with Crippen LogP contribution in [0.15, 0.2) is 0 Å². The summed E-state index contributed by atoms with van der Waals surface area (Å²) in [6.45, 7) is 10.6. The molecule has 4 radical (unpaired) electrons. The average molecular weight is 397 g/mol. The van der Waals surface area contributed by atoms with E-state index in [4.69, 9.17) is 8.85 Å². The number of hydrogen-bond acceptors (Lipinski definition) is 3. The van der Waals surface area contributed by atoms with Gasteiger partial charge in [-0.1, -0.05) is 46.5 Å². The first kappa shape index (κ1) is 23.9. The van der Waals surface area contributed by atoms with E-state index in [0.29, 0.717) is 30.5 Å². The minimum atomic E-state index is -0.0450. The second-order valence-electron chi connectivity index (χ2n) is 8.44. The maximum atomic E-state index is 12.2. The fourth-order valence-corrected chi connectivity index (χ4v) is 5.60. The van der Waals surface area contributed by atoms with Crippen LogP contribution >= 0.6 is 0 Å². The molecule has 0 aromatic rings. The van der Waals surface area contributed by atoms with Gasteiger partial charge in [0.25, 0.3) is 5.97 Å². The zero-order chi connectivity index (χ0) is 19.4. The molecule has 0 amide bonds. The summed E-state index contributed by atoms with van der Waals surface area (Å²) in [7, 11) is 0.739. The van der Waals surface area contributed by atoms with Crippen molar-refractivity contribution in [1.29, 1.82) is 0 Å². The van der Waals surface area contributed by atoms with Crippen molar-refractivity contribution in [2.75, 3.05) is 0 Å². The SMILES string of the molecule is CCCCC1(CCCC)CCC([Si]OC(=O)C(C)C[Si]OC(C)C)CC1. The van der Waals surface area contributed by atoms with Crippen LogP contribution < -0.4 is 0 Å². The predicted molar refractivity (Wildman–Crippen MR) is 111 cm³/mol. The summed E-state index contributed by atoms with van der Waals surface area (Å²) in [5, 5.41) is 0. The highest BCUT2D eigenvalue weighted by molar-refractivity contribution is 6.33. The number of carbonyl (C=O) groups is 1. The smallest absolute Gasteiger partial charge is 0.318 e. The van der Waals surface area contributed by atoms with E-state index >= 15 is 0 Å². The van der Waals surface area contributed by atoms with Crippen molar-refractivity contribution in [3.63, 3.8) is 0 Å². The van der Waals surface area contributed by atoms with Crippen LogP contribution in [-0.4, -0.2) is 31.6 Å². The third-order valence-corrected chi connectivity index (χ3v) is 8.25. The van der Waals surface area contributed by atoms with E-state index < -0.39 is 0 Å². The lowest BCUT2D eigenvalue weighted by molar-refractivity contribution is -0.137. The summed E-state index contributed by atoms with van der Waals surface area (Å²) < 4.78 is 11.2.